The van der Waals surface area contributed by atoms with E-state index in [0.717, 1.165) is 6.07 Å². The Labute approximate surface area is 71.1 Å². The number of rotatable bonds is 1. The van der Waals surface area contributed by atoms with Gasteiger partial charge in [-0.1, -0.05) is 0 Å². The van der Waals surface area contributed by atoms with E-state index in [1.54, 1.807) is 0 Å². The smallest absolute Gasteiger partial charge is 0.149 e. The number of nitrogens with one attached hydrogen (secondary N) is 1. The number of anilines is 1. The van der Waals surface area contributed by atoms with Crippen molar-refractivity contribution in [1.29, 1.82) is 0 Å². The molecule has 11 heavy (non-hydrogen) atoms. The van der Waals surface area contributed by atoms with E-state index in [9.17, 15) is 4.39 Å². The van der Waals surface area contributed by atoms with Crippen LogP contribution in [0.5, 0.6) is 5.75 Å². The first-order chi connectivity index (χ1) is 5.15. The highest BCUT2D eigenvalue weighted by Gasteiger charge is 2.05. The van der Waals surface area contributed by atoms with Crippen molar-refractivity contribution < 1.29 is 9.50 Å². The normalized spacial score (nSPS) is 9.73. The van der Waals surface area contributed by atoms with Crippen molar-refractivity contribution in [2.75, 3.05) is 5.43 Å². The van der Waals surface area contributed by atoms with Crippen LogP contribution in [-0.4, -0.2) is 5.11 Å². The molecule has 60 valence electrons. The topological polar surface area (TPSA) is 58.3 Å². The quantitative estimate of drug-likeness (QED) is 0.498. The highest BCUT2D eigenvalue weighted by Crippen LogP contribution is 2.28. The molecule has 0 amide bonds. The minimum atomic E-state index is -0.517. The lowest BCUT2D eigenvalue weighted by atomic mass is 10.3. The van der Waals surface area contributed by atoms with Crippen LogP contribution in [0.4, 0.5) is 10.1 Å². The first kappa shape index (κ1) is 8.29. The zero-order valence-electron chi connectivity index (χ0n) is 5.44. The van der Waals surface area contributed by atoms with E-state index < -0.39 is 5.82 Å². The van der Waals surface area contributed by atoms with Gasteiger partial charge in [0.2, 0.25) is 0 Å². The molecule has 0 aromatic heterocycles. The molecule has 0 atom stereocenters. The average molecular weight is 221 g/mol. The second-order valence-corrected chi connectivity index (χ2v) is 2.78. The summed E-state index contributed by atoms with van der Waals surface area (Å²) in [5.74, 6) is 4.38. The zero-order chi connectivity index (χ0) is 8.43. The zero-order valence-corrected chi connectivity index (χ0v) is 7.02. The van der Waals surface area contributed by atoms with Gasteiger partial charge in [-0.3, -0.25) is 5.84 Å². The lowest BCUT2D eigenvalue weighted by Crippen LogP contribution is -2.08. The summed E-state index contributed by atoms with van der Waals surface area (Å²) in [5.41, 5.74) is 2.17. The van der Waals surface area contributed by atoms with Crippen molar-refractivity contribution in [2.45, 2.75) is 0 Å². The van der Waals surface area contributed by atoms with Crippen LogP contribution in [0.2, 0.25) is 0 Å². The molecule has 0 unspecified atom stereocenters. The van der Waals surface area contributed by atoms with Gasteiger partial charge < -0.3 is 10.5 Å². The molecule has 0 saturated heterocycles. The predicted octanol–water partition coefficient (Wildman–Crippen LogP) is 1.58. The van der Waals surface area contributed by atoms with Gasteiger partial charge in [0.1, 0.15) is 11.6 Å². The summed E-state index contributed by atoms with van der Waals surface area (Å²) in [4.78, 5) is 0. The van der Waals surface area contributed by atoms with Gasteiger partial charge in [0.05, 0.1) is 10.2 Å². The van der Waals surface area contributed by atoms with E-state index in [1.807, 2.05) is 0 Å². The lowest BCUT2D eigenvalue weighted by Gasteiger charge is -2.03. The molecule has 3 nitrogen and oxygen atoms in total. The largest absolute Gasteiger partial charge is 0.507 e. The van der Waals surface area contributed by atoms with Crippen LogP contribution in [0.3, 0.4) is 0 Å². The molecule has 4 N–H and O–H groups in total. The molecule has 1 aromatic carbocycles. The van der Waals surface area contributed by atoms with Crippen LogP contribution < -0.4 is 11.3 Å². The van der Waals surface area contributed by atoms with Gasteiger partial charge >= 0.3 is 0 Å². The summed E-state index contributed by atoms with van der Waals surface area (Å²) in [5, 5.41) is 9.05. The number of nitrogen functional groups attached to an aromatic ring is 1. The molecule has 5 heteroatoms. The number of nitrogens with two attached hydrogens (primary N) is 1. The van der Waals surface area contributed by atoms with E-state index in [4.69, 9.17) is 10.9 Å². The molecule has 0 radical (unpaired) electrons. The molecule has 0 saturated carbocycles. The minimum Gasteiger partial charge on any atom is -0.507 e. The van der Waals surface area contributed by atoms with Crippen molar-refractivity contribution in [3.05, 3.63) is 22.4 Å². The number of halogens is 2. The predicted molar refractivity (Wildman–Crippen MR) is 43.6 cm³/mol. The van der Waals surface area contributed by atoms with Crippen LogP contribution in [0.1, 0.15) is 0 Å². The summed E-state index contributed by atoms with van der Waals surface area (Å²) >= 11 is 2.95. The maximum absolute atomic E-state index is 12.7. The number of phenols is 1. The SMILES string of the molecule is NNc1cc(O)c(Br)cc1F. The van der Waals surface area contributed by atoms with Gasteiger partial charge in [-0.25, -0.2) is 4.39 Å². The van der Waals surface area contributed by atoms with Gasteiger partial charge in [0, 0.05) is 6.07 Å². The number of aromatic hydroxyl groups is 1. The number of hydrogen-bond acceptors (Lipinski definition) is 3. The molecular weight excluding hydrogens is 215 g/mol. The van der Waals surface area contributed by atoms with E-state index >= 15 is 0 Å². The molecule has 0 fully saturated rings. The van der Waals surface area contributed by atoms with Crippen LogP contribution in [0.15, 0.2) is 16.6 Å². The Morgan fingerprint density at radius 1 is 1.55 bits per heavy atom. The van der Waals surface area contributed by atoms with Gasteiger partial charge in [-0.05, 0) is 22.0 Å². The fraction of sp³-hybridized carbons (Fsp3) is 0. The summed E-state index contributed by atoms with van der Waals surface area (Å²) in [7, 11) is 0. The number of benzene rings is 1. The molecule has 0 spiro atoms. The summed E-state index contributed by atoms with van der Waals surface area (Å²) < 4.78 is 13.0. The van der Waals surface area contributed by atoms with Gasteiger partial charge in [0.25, 0.3) is 0 Å². The van der Waals surface area contributed by atoms with Crippen LogP contribution >= 0.6 is 15.9 Å². The van der Waals surface area contributed by atoms with Crippen molar-refractivity contribution in [1.82, 2.24) is 0 Å². The third-order valence-electron chi connectivity index (χ3n) is 1.19. The molecule has 1 aromatic rings. The number of hydrazine groups is 1. The molecular formula is C6H6BrFN2O. The average Bonchev–Trinajstić information content (AvgIpc) is 1.97. The monoisotopic (exact) mass is 220 g/mol. The summed E-state index contributed by atoms with van der Waals surface area (Å²) in [6, 6.07) is 2.32. The highest BCUT2D eigenvalue weighted by molar-refractivity contribution is 9.10. The van der Waals surface area contributed by atoms with Gasteiger partial charge in [0.15, 0.2) is 0 Å². The molecule has 0 aliphatic carbocycles. The fourth-order valence-corrected chi connectivity index (χ4v) is 0.964. The van der Waals surface area contributed by atoms with Crippen molar-refractivity contribution in [2.24, 2.45) is 5.84 Å². The van der Waals surface area contributed by atoms with E-state index in [-0.39, 0.29) is 11.4 Å². The Hall–Kier alpha value is -0.810. The minimum absolute atomic E-state index is 0.0562. The van der Waals surface area contributed by atoms with Gasteiger partial charge in [-0.2, -0.15) is 0 Å². The maximum Gasteiger partial charge on any atom is 0.149 e. The summed E-state index contributed by atoms with van der Waals surface area (Å²) in [6.45, 7) is 0. The van der Waals surface area contributed by atoms with Gasteiger partial charge in [-0.15, -0.1) is 0 Å². The standard InChI is InChI=1S/C6H6BrFN2O/c7-3-1-4(8)5(10-9)2-6(3)11/h1-2,10-11H,9H2. The van der Waals surface area contributed by atoms with E-state index in [0.29, 0.717) is 4.47 Å². The maximum atomic E-state index is 12.7. The summed E-state index contributed by atoms with van der Waals surface area (Å²) in [6.07, 6.45) is 0. The second kappa shape index (κ2) is 3.06. The molecule has 0 heterocycles. The molecule has 0 aliphatic heterocycles. The third kappa shape index (κ3) is 1.61. The third-order valence-corrected chi connectivity index (χ3v) is 1.83. The van der Waals surface area contributed by atoms with E-state index in [1.165, 1.54) is 6.07 Å². The number of phenolic OH excluding ortho intramolecular Hbond substituents is 1. The van der Waals surface area contributed by atoms with Crippen molar-refractivity contribution in [3.8, 4) is 5.75 Å². The molecule has 0 aliphatic rings. The second-order valence-electron chi connectivity index (χ2n) is 1.93. The Balaban J connectivity index is 3.21. The van der Waals surface area contributed by atoms with E-state index in [2.05, 4.69) is 21.4 Å². The van der Waals surface area contributed by atoms with Crippen LogP contribution in [-0.2, 0) is 0 Å². The first-order valence-corrected chi connectivity index (χ1v) is 3.59. The Morgan fingerprint density at radius 2 is 2.18 bits per heavy atom. The molecule has 1 rings (SSSR count). The van der Waals surface area contributed by atoms with Crippen molar-refractivity contribution in [3.63, 3.8) is 0 Å². The molecule has 0 bridgehead atoms. The first-order valence-electron chi connectivity index (χ1n) is 2.79. The highest BCUT2D eigenvalue weighted by atomic mass is 79.9. The Morgan fingerprint density at radius 3 is 2.73 bits per heavy atom. The Kier molecular flexibility index (Phi) is 2.31. The van der Waals surface area contributed by atoms with Crippen LogP contribution in [0, 0.1) is 5.82 Å². The van der Waals surface area contributed by atoms with Crippen molar-refractivity contribution >= 4 is 21.6 Å². The lowest BCUT2D eigenvalue weighted by molar-refractivity contribution is 0.470. The van der Waals surface area contributed by atoms with Crippen LogP contribution in [0.25, 0.3) is 0 Å². The Bertz CT molecular complexity index is 280. The fourth-order valence-electron chi connectivity index (χ4n) is 0.648. The number of hydrogen-bond donors (Lipinski definition) is 3.